The Morgan fingerprint density at radius 2 is 1.94 bits per heavy atom. The molecule has 98 valence electrons. The van der Waals surface area contributed by atoms with Crippen LogP contribution < -0.4 is 10.6 Å². The van der Waals surface area contributed by atoms with E-state index in [4.69, 9.17) is 5.73 Å². The highest BCUT2D eigenvalue weighted by atomic mass is 15.3. The number of nitrogens with zero attached hydrogens (tertiary/aromatic N) is 2. The summed E-state index contributed by atoms with van der Waals surface area (Å²) in [7, 11) is 2.29. The van der Waals surface area contributed by atoms with Crippen LogP contribution in [0, 0.1) is 0 Å². The van der Waals surface area contributed by atoms with Crippen molar-refractivity contribution in [3.8, 4) is 0 Å². The quantitative estimate of drug-likeness (QED) is 0.862. The molecule has 18 heavy (non-hydrogen) atoms. The molecule has 2 atom stereocenters. The summed E-state index contributed by atoms with van der Waals surface area (Å²) in [6.07, 6.45) is 4.02. The zero-order valence-corrected chi connectivity index (χ0v) is 11.2. The normalized spacial score (nSPS) is 28.4. The van der Waals surface area contributed by atoms with Crippen LogP contribution in [0.15, 0.2) is 24.3 Å². The van der Waals surface area contributed by atoms with Crippen LogP contribution in [0.3, 0.4) is 0 Å². The maximum Gasteiger partial charge on any atom is 0.0412 e. The predicted octanol–water partition coefficient (Wildman–Crippen LogP) is 1.82. The minimum absolute atomic E-state index is 0.636. The fourth-order valence-corrected chi connectivity index (χ4v) is 3.52. The summed E-state index contributed by atoms with van der Waals surface area (Å²) in [6, 6.07) is 10.1. The minimum Gasteiger partial charge on any atom is -0.370 e. The molecule has 2 heterocycles. The summed E-state index contributed by atoms with van der Waals surface area (Å²) in [5.41, 5.74) is 8.49. The second-order valence-corrected chi connectivity index (χ2v) is 5.62. The molecule has 0 amide bonds. The summed E-state index contributed by atoms with van der Waals surface area (Å²) in [6.45, 7) is 2.96. The van der Waals surface area contributed by atoms with Gasteiger partial charge in [-0.05, 0) is 37.9 Å². The molecular formula is C15H23N3. The molecule has 3 nitrogen and oxygen atoms in total. The number of para-hydroxylation sites is 1. The van der Waals surface area contributed by atoms with Gasteiger partial charge in [0, 0.05) is 37.4 Å². The van der Waals surface area contributed by atoms with Crippen molar-refractivity contribution in [3.63, 3.8) is 0 Å². The van der Waals surface area contributed by atoms with Crippen LogP contribution in [-0.4, -0.2) is 37.1 Å². The van der Waals surface area contributed by atoms with Gasteiger partial charge in [-0.2, -0.15) is 0 Å². The molecule has 1 aromatic carbocycles. The van der Waals surface area contributed by atoms with E-state index in [2.05, 4.69) is 41.1 Å². The molecule has 3 heteroatoms. The Labute approximate surface area is 110 Å². The Bertz CT molecular complexity index is 418. The Balaban J connectivity index is 1.84. The van der Waals surface area contributed by atoms with Crippen LogP contribution in [0.1, 0.15) is 24.8 Å². The molecule has 2 aliphatic rings. The van der Waals surface area contributed by atoms with E-state index in [0.717, 1.165) is 18.6 Å². The molecule has 0 aromatic heterocycles. The van der Waals surface area contributed by atoms with E-state index in [-0.39, 0.29) is 0 Å². The van der Waals surface area contributed by atoms with Crippen LogP contribution in [0.25, 0.3) is 0 Å². The van der Waals surface area contributed by atoms with Crippen molar-refractivity contribution in [3.05, 3.63) is 29.8 Å². The van der Waals surface area contributed by atoms with Crippen molar-refractivity contribution < 1.29 is 0 Å². The number of benzene rings is 1. The molecule has 1 aromatic rings. The first kappa shape index (κ1) is 12.0. The van der Waals surface area contributed by atoms with Crippen molar-refractivity contribution >= 4 is 5.69 Å². The molecule has 2 aliphatic heterocycles. The standard InChI is InChI=1S/C15H23N3/c1-17-13-6-7-14(17)11-18(9-8-13)15-5-3-2-4-12(15)10-16/h2-5,13-14H,6-11,16H2,1H3. The molecule has 2 saturated heterocycles. The molecule has 2 bridgehead atoms. The Morgan fingerprint density at radius 1 is 1.17 bits per heavy atom. The SMILES string of the molecule is CN1C2CCC1CN(c1ccccc1CN)CC2. The highest BCUT2D eigenvalue weighted by Gasteiger charge is 2.34. The van der Waals surface area contributed by atoms with Gasteiger partial charge in [0.15, 0.2) is 0 Å². The number of fused-ring (bicyclic) bond motifs is 2. The number of likely N-dealkylation sites (N-methyl/N-ethyl adjacent to an activating group) is 1. The van der Waals surface area contributed by atoms with E-state index in [1.165, 1.54) is 37.1 Å². The van der Waals surface area contributed by atoms with Gasteiger partial charge in [0.05, 0.1) is 0 Å². The number of hydrogen-bond donors (Lipinski definition) is 1. The topological polar surface area (TPSA) is 32.5 Å². The van der Waals surface area contributed by atoms with Gasteiger partial charge < -0.3 is 10.6 Å². The van der Waals surface area contributed by atoms with Gasteiger partial charge in [-0.15, -0.1) is 0 Å². The van der Waals surface area contributed by atoms with E-state index < -0.39 is 0 Å². The lowest BCUT2D eigenvalue weighted by Gasteiger charge is -2.29. The summed E-state index contributed by atoms with van der Waals surface area (Å²) in [4.78, 5) is 5.13. The number of rotatable bonds is 2. The van der Waals surface area contributed by atoms with Gasteiger partial charge in [0.25, 0.3) is 0 Å². The fraction of sp³-hybridized carbons (Fsp3) is 0.600. The van der Waals surface area contributed by atoms with Gasteiger partial charge in [0.2, 0.25) is 0 Å². The third-order valence-corrected chi connectivity index (χ3v) is 4.70. The highest BCUT2D eigenvalue weighted by Crippen LogP contribution is 2.31. The van der Waals surface area contributed by atoms with E-state index in [1.807, 2.05) is 0 Å². The van der Waals surface area contributed by atoms with Crippen LogP contribution in [0.2, 0.25) is 0 Å². The third kappa shape index (κ3) is 2.02. The van der Waals surface area contributed by atoms with Crippen molar-refractivity contribution in [1.82, 2.24) is 4.90 Å². The van der Waals surface area contributed by atoms with Crippen LogP contribution in [0.4, 0.5) is 5.69 Å². The molecule has 0 radical (unpaired) electrons. The zero-order valence-electron chi connectivity index (χ0n) is 11.2. The number of nitrogens with two attached hydrogens (primary N) is 1. The van der Waals surface area contributed by atoms with Gasteiger partial charge >= 0.3 is 0 Å². The first-order chi connectivity index (χ1) is 8.79. The lowest BCUT2D eigenvalue weighted by Crippen LogP contribution is -2.37. The lowest BCUT2D eigenvalue weighted by molar-refractivity contribution is 0.254. The molecule has 2 fully saturated rings. The first-order valence-electron chi connectivity index (χ1n) is 7.04. The summed E-state index contributed by atoms with van der Waals surface area (Å²) in [5, 5.41) is 0. The molecule has 2 unspecified atom stereocenters. The molecule has 0 aliphatic carbocycles. The van der Waals surface area contributed by atoms with Gasteiger partial charge in [-0.3, -0.25) is 4.90 Å². The zero-order chi connectivity index (χ0) is 12.5. The maximum atomic E-state index is 5.86. The van der Waals surface area contributed by atoms with E-state index >= 15 is 0 Å². The largest absolute Gasteiger partial charge is 0.370 e. The van der Waals surface area contributed by atoms with Gasteiger partial charge in [0.1, 0.15) is 0 Å². The first-order valence-corrected chi connectivity index (χ1v) is 7.04. The van der Waals surface area contributed by atoms with Crippen molar-refractivity contribution in [2.24, 2.45) is 5.73 Å². The fourth-order valence-electron chi connectivity index (χ4n) is 3.52. The van der Waals surface area contributed by atoms with Gasteiger partial charge in [-0.25, -0.2) is 0 Å². The Hall–Kier alpha value is -1.06. The van der Waals surface area contributed by atoms with Gasteiger partial charge in [-0.1, -0.05) is 18.2 Å². The lowest BCUT2D eigenvalue weighted by atomic mass is 10.1. The van der Waals surface area contributed by atoms with Crippen molar-refractivity contribution in [2.75, 3.05) is 25.0 Å². The molecule has 0 spiro atoms. The smallest absolute Gasteiger partial charge is 0.0412 e. The van der Waals surface area contributed by atoms with Crippen LogP contribution >= 0.6 is 0 Å². The highest BCUT2D eigenvalue weighted by molar-refractivity contribution is 5.54. The summed E-state index contributed by atoms with van der Waals surface area (Å²) < 4.78 is 0. The Kier molecular flexibility index (Phi) is 3.27. The average molecular weight is 245 g/mol. The van der Waals surface area contributed by atoms with Crippen LogP contribution in [-0.2, 0) is 6.54 Å². The second-order valence-electron chi connectivity index (χ2n) is 5.62. The Morgan fingerprint density at radius 3 is 2.78 bits per heavy atom. The second kappa shape index (κ2) is 4.90. The van der Waals surface area contributed by atoms with E-state index in [9.17, 15) is 0 Å². The molecule has 0 saturated carbocycles. The molecular weight excluding hydrogens is 222 g/mol. The summed E-state index contributed by atoms with van der Waals surface area (Å²) in [5.74, 6) is 0. The monoisotopic (exact) mass is 245 g/mol. The molecule has 3 rings (SSSR count). The minimum atomic E-state index is 0.636. The van der Waals surface area contributed by atoms with E-state index in [1.54, 1.807) is 0 Å². The van der Waals surface area contributed by atoms with Crippen molar-refractivity contribution in [1.29, 1.82) is 0 Å². The van der Waals surface area contributed by atoms with E-state index in [0.29, 0.717) is 6.54 Å². The van der Waals surface area contributed by atoms with Crippen LogP contribution in [0.5, 0.6) is 0 Å². The predicted molar refractivity (Wildman–Crippen MR) is 75.7 cm³/mol. The number of hydrogen-bond acceptors (Lipinski definition) is 3. The number of anilines is 1. The third-order valence-electron chi connectivity index (χ3n) is 4.70. The molecule has 2 N–H and O–H groups in total. The summed E-state index contributed by atoms with van der Waals surface area (Å²) >= 11 is 0. The maximum absolute atomic E-state index is 5.86. The van der Waals surface area contributed by atoms with Crippen molar-refractivity contribution in [2.45, 2.75) is 37.9 Å². The average Bonchev–Trinajstić information content (AvgIpc) is 2.63.